The molecule has 0 bridgehead atoms. The molecule has 3 aromatic carbocycles. The minimum atomic E-state index is 0.875. The number of halogens is 3. The molecule has 0 amide bonds. The molecule has 0 fully saturated rings. The second-order valence-electron chi connectivity index (χ2n) is 5.09. The summed E-state index contributed by atoms with van der Waals surface area (Å²) in [4.78, 5) is 2.28. The molecule has 1 nitrogen and oxygen atoms in total. The molecule has 4 heteroatoms. The van der Waals surface area contributed by atoms with Crippen molar-refractivity contribution in [2.75, 3.05) is 4.90 Å². The van der Waals surface area contributed by atoms with E-state index in [-0.39, 0.29) is 0 Å². The van der Waals surface area contributed by atoms with E-state index < -0.39 is 0 Å². The highest BCUT2D eigenvalue weighted by Gasteiger charge is 2.12. The first kappa shape index (κ1) is 17.2. The van der Waals surface area contributed by atoms with Crippen LogP contribution in [0.2, 0.25) is 0 Å². The van der Waals surface area contributed by atoms with Gasteiger partial charge in [0.1, 0.15) is 0 Å². The van der Waals surface area contributed by atoms with Crippen molar-refractivity contribution in [3.05, 3.63) is 85.5 Å². The van der Waals surface area contributed by atoms with Gasteiger partial charge in [-0.1, -0.05) is 28.1 Å². The van der Waals surface area contributed by atoms with Crippen LogP contribution in [0.4, 0.5) is 17.1 Å². The number of benzene rings is 3. The molecule has 116 valence electrons. The lowest BCUT2D eigenvalue weighted by molar-refractivity contribution is 1.27. The number of hydrogen-bond acceptors (Lipinski definition) is 1. The Hall–Kier alpha value is -0.600. The Morgan fingerprint density at radius 3 is 1.30 bits per heavy atom. The lowest BCUT2D eigenvalue weighted by Crippen LogP contribution is -2.09. The van der Waals surface area contributed by atoms with Gasteiger partial charge in [-0.2, -0.15) is 0 Å². The summed E-state index contributed by atoms with van der Waals surface area (Å²) in [7, 11) is 0. The molecule has 23 heavy (non-hydrogen) atoms. The Labute approximate surface area is 172 Å². The summed E-state index contributed by atoms with van der Waals surface area (Å²) in [6, 6.07) is 25.9. The SMILES string of the molecule is BrCc1ccc(N(c2ccc(I)cc2)c2ccc(I)cc2)cc1. The monoisotopic (exact) mass is 589 g/mol. The Morgan fingerprint density at radius 1 is 0.609 bits per heavy atom. The van der Waals surface area contributed by atoms with Crippen LogP contribution in [0.3, 0.4) is 0 Å². The van der Waals surface area contributed by atoms with Crippen LogP contribution >= 0.6 is 61.1 Å². The average Bonchev–Trinajstić information content (AvgIpc) is 2.59. The predicted molar refractivity (Wildman–Crippen MR) is 119 cm³/mol. The second kappa shape index (κ2) is 7.98. The highest BCUT2D eigenvalue weighted by atomic mass is 127. The summed E-state index contributed by atoms with van der Waals surface area (Å²) in [5, 5.41) is 0.875. The van der Waals surface area contributed by atoms with Crippen LogP contribution in [0.15, 0.2) is 72.8 Å². The molecule has 3 aromatic rings. The first-order valence-electron chi connectivity index (χ1n) is 7.13. The second-order valence-corrected chi connectivity index (χ2v) is 8.14. The summed E-state index contributed by atoms with van der Waals surface area (Å²) >= 11 is 8.19. The number of hydrogen-bond donors (Lipinski definition) is 0. The molecule has 0 spiro atoms. The third-order valence-electron chi connectivity index (χ3n) is 3.52. The number of rotatable bonds is 4. The fourth-order valence-electron chi connectivity index (χ4n) is 2.36. The Morgan fingerprint density at radius 2 is 0.957 bits per heavy atom. The van der Waals surface area contributed by atoms with Crippen LogP contribution in [0.1, 0.15) is 5.56 Å². The van der Waals surface area contributed by atoms with Crippen molar-refractivity contribution >= 4 is 78.2 Å². The molecule has 0 saturated heterocycles. The van der Waals surface area contributed by atoms with E-state index in [2.05, 4.69) is 139 Å². The van der Waals surface area contributed by atoms with E-state index in [1.54, 1.807) is 0 Å². The standard InChI is InChI=1S/C19H14BrI2N/c20-13-14-1-7-17(8-2-14)23(18-9-3-15(21)4-10-18)19-11-5-16(22)6-12-19/h1-12H,13H2. The predicted octanol–water partition coefficient (Wildman–Crippen LogP) is 7.26. The molecule has 0 aromatic heterocycles. The van der Waals surface area contributed by atoms with Crippen molar-refractivity contribution in [3.63, 3.8) is 0 Å². The van der Waals surface area contributed by atoms with Gasteiger partial charge in [-0.15, -0.1) is 0 Å². The molecular weight excluding hydrogens is 576 g/mol. The van der Waals surface area contributed by atoms with E-state index in [0.717, 1.165) is 11.0 Å². The molecule has 0 aliphatic rings. The molecule has 0 atom stereocenters. The topological polar surface area (TPSA) is 3.24 Å². The summed E-state index contributed by atoms with van der Waals surface area (Å²) in [6.45, 7) is 0. The fourth-order valence-corrected chi connectivity index (χ4v) is 3.45. The smallest absolute Gasteiger partial charge is 0.0462 e. The highest BCUT2D eigenvalue weighted by molar-refractivity contribution is 14.1. The van der Waals surface area contributed by atoms with E-state index in [4.69, 9.17) is 0 Å². The number of nitrogens with zero attached hydrogens (tertiary/aromatic N) is 1. The largest absolute Gasteiger partial charge is 0.311 e. The maximum absolute atomic E-state index is 3.51. The van der Waals surface area contributed by atoms with Gasteiger partial charge in [0.15, 0.2) is 0 Å². The molecule has 3 rings (SSSR count). The van der Waals surface area contributed by atoms with Crippen LogP contribution in [-0.2, 0) is 5.33 Å². The van der Waals surface area contributed by atoms with E-state index >= 15 is 0 Å². The maximum atomic E-state index is 3.51. The summed E-state index contributed by atoms with van der Waals surface area (Å²) in [5.41, 5.74) is 4.77. The quantitative estimate of drug-likeness (QED) is 0.229. The van der Waals surface area contributed by atoms with Crippen LogP contribution < -0.4 is 4.90 Å². The Bertz CT molecular complexity index is 722. The minimum Gasteiger partial charge on any atom is -0.311 e. The average molecular weight is 590 g/mol. The third kappa shape index (κ3) is 4.28. The first-order chi connectivity index (χ1) is 11.2. The van der Waals surface area contributed by atoms with E-state index in [0.29, 0.717) is 0 Å². The van der Waals surface area contributed by atoms with Crippen molar-refractivity contribution in [2.24, 2.45) is 0 Å². The summed E-state index contributed by atoms with van der Waals surface area (Å²) in [6.07, 6.45) is 0. The summed E-state index contributed by atoms with van der Waals surface area (Å²) < 4.78 is 2.48. The summed E-state index contributed by atoms with van der Waals surface area (Å²) in [5.74, 6) is 0. The maximum Gasteiger partial charge on any atom is 0.0462 e. The normalized spacial score (nSPS) is 10.6. The van der Waals surface area contributed by atoms with Gasteiger partial charge in [-0.05, 0) is 111 Å². The Balaban J connectivity index is 2.08. The highest BCUT2D eigenvalue weighted by Crippen LogP contribution is 2.35. The lowest BCUT2D eigenvalue weighted by atomic mass is 10.1. The molecular formula is C19H14BrI2N. The van der Waals surface area contributed by atoms with Gasteiger partial charge in [0.25, 0.3) is 0 Å². The van der Waals surface area contributed by atoms with Gasteiger partial charge in [-0.3, -0.25) is 0 Å². The van der Waals surface area contributed by atoms with Gasteiger partial charge in [0, 0.05) is 29.5 Å². The Kier molecular flexibility index (Phi) is 5.98. The zero-order valence-corrected chi connectivity index (χ0v) is 18.1. The zero-order valence-electron chi connectivity index (χ0n) is 12.2. The van der Waals surface area contributed by atoms with Crippen molar-refractivity contribution in [3.8, 4) is 0 Å². The molecule has 0 radical (unpaired) electrons. The fraction of sp³-hybridized carbons (Fsp3) is 0.0526. The van der Waals surface area contributed by atoms with Crippen molar-refractivity contribution in [1.29, 1.82) is 0 Å². The number of anilines is 3. The van der Waals surface area contributed by atoms with Gasteiger partial charge < -0.3 is 4.90 Å². The molecule has 0 N–H and O–H groups in total. The van der Waals surface area contributed by atoms with E-state index in [9.17, 15) is 0 Å². The number of alkyl halides is 1. The van der Waals surface area contributed by atoms with Gasteiger partial charge in [0.2, 0.25) is 0 Å². The van der Waals surface area contributed by atoms with Crippen molar-refractivity contribution < 1.29 is 0 Å². The van der Waals surface area contributed by atoms with Gasteiger partial charge in [-0.25, -0.2) is 0 Å². The molecule has 0 heterocycles. The van der Waals surface area contributed by atoms with Crippen LogP contribution in [0.25, 0.3) is 0 Å². The molecule has 0 saturated carbocycles. The van der Waals surface area contributed by atoms with Crippen LogP contribution in [0.5, 0.6) is 0 Å². The lowest BCUT2D eigenvalue weighted by Gasteiger charge is -2.25. The van der Waals surface area contributed by atoms with Crippen molar-refractivity contribution in [2.45, 2.75) is 5.33 Å². The third-order valence-corrected chi connectivity index (χ3v) is 5.60. The van der Waals surface area contributed by atoms with Crippen LogP contribution in [0, 0.1) is 7.14 Å². The van der Waals surface area contributed by atoms with Gasteiger partial charge >= 0.3 is 0 Å². The van der Waals surface area contributed by atoms with Gasteiger partial charge in [0.05, 0.1) is 0 Å². The first-order valence-corrected chi connectivity index (χ1v) is 10.4. The van der Waals surface area contributed by atoms with Crippen molar-refractivity contribution in [1.82, 2.24) is 0 Å². The van der Waals surface area contributed by atoms with E-state index in [1.807, 2.05) is 0 Å². The minimum absolute atomic E-state index is 0.875. The van der Waals surface area contributed by atoms with Crippen LogP contribution in [-0.4, -0.2) is 0 Å². The zero-order chi connectivity index (χ0) is 16.2. The molecule has 0 unspecified atom stereocenters. The molecule has 0 aliphatic carbocycles. The van der Waals surface area contributed by atoms with E-state index in [1.165, 1.54) is 24.1 Å². The molecule has 0 aliphatic heterocycles.